The first-order valence-electron chi connectivity index (χ1n) is 8.80. The Balaban J connectivity index is 1.51. The lowest BCUT2D eigenvalue weighted by Crippen LogP contribution is -2.47. The second-order valence-electron chi connectivity index (χ2n) is 6.70. The zero-order chi connectivity index (χ0) is 16.5. The van der Waals surface area contributed by atoms with Gasteiger partial charge in [-0.2, -0.15) is 0 Å². The topological polar surface area (TPSA) is 50.1 Å². The van der Waals surface area contributed by atoms with E-state index in [9.17, 15) is 4.79 Å². The first-order valence-corrected chi connectivity index (χ1v) is 8.80. The maximum atomic E-state index is 13.0. The first-order chi connectivity index (χ1) is 11.8. The molecule has 2 fully saturated rings. The van der Waals surface area contributed by atoms with E-state index in [1.807, 2.05) is 33.8 Å². The maximum absolute atomic E-state index is 13.0. The molecule has 6 heteroatoms. The molecule has 0 bridgehead atoms. The minimum Gasteiger partial charge on any atom is -0.379 e. The molecule has 24 heavy (non-hydrogen) atoms. The van der Waals surface area contributed by atoms with Crippen molar-refractivity contribution in [2.24, 2.45) is 5.92 Å². The number of likely N-dealkylation sites (tertiary alicyclic amines) is 1. The summed E-state index contributed by atoms with van der Waals surface area (Å²) in [5.41, 5.74) is 1.60. The fourth-order valence-corrected chi connectivity index (χ4v) is 3.97. The highest BCUT2D eigenvalue weighted by molar-refractivity contribution is 5.94. The van der Waals surface area contributed by atoms with E-state index in [0.717, 1.165) is 57.0 Å². The first kappa shape index (κ1) is 15.6. The molecular formula is C18H24N4O2. The lowest BCUT2D eigenvalue weighted by Gasteiger charge is -2.34. The van der Waals surface area contributed by atoms with Gasteiger partial charge in [-0.15, -0.1) is 0 Å². The van der Waals surface area contributed by atoms with Crippen LogP contribution in [-0.2, 0) is 4.74 Å². The van der Waals surface area contributed by atoms with Crippen molar-refractivity contribution in [3.8, 4) is 0 Å². The lowest BCUT2D eigenvalue weighted by atomic mass is 9.99. The van der Waals surface area contributed by atoms with E-state index in [4.69, 9.17) is 4.74 Å². The lowest BCUT2D eigenvalue weighted by molar-refractivity contribution is 0.0103. The summed E-state index contributed by atoms with van der Waals surface area (Å²) in [6, 6.07) is 4.24. The normalized spacial score (nSPS) is 25.5. The van der Waals surface area contributed by atoms with Crippen LogP contribution in [0.1, 0.15) is 23.7 Å². The Morgan fingerprint density at radius 3 is 2.92 bits per heavy atom. The number of hydrogen-bond donors (Lipinski definition) is 0. The second-order valence-corrected chi connectivity index (χ2v) is 6.70. The number of ether oxygens (including phenoxy) is 1. The van der Waals surface area contributed by atoms with Crippen molar-refractivity contribution >= 4 is 11.6 Å². The average Bonchev–Trinajstić information content (AvgIpc) is 3.27. The SMILES string of the molecule is CC[C@@H]1CN(C(=O)c2ccc3nccn3c2)C[C@@H]1N1CCOCC1. The number of morpholine rings is 1. The van der Waals surface area contributed by atoms with Crippen LogP contribution in [0.4, 0.5) is 0 Å². The van der Waals surface area contributed by atoms with Crippen LogP contribution in [0.15, 0.2) is 30.7 Å². The van der Waals surface area contributed by atoms with Crippen LogP contribution in [0.5, 0.6) is 0 Å². The summed E-state index contributed by atoms with van der Waals surface area (Å²) >= 11 is 0. The number of amides is 1. The van der Waals surface area contributed by atoms with Crippen LogP contribution in [0.25, 0.3) is 5.65 Å². The number of pyridine rings is 1. The van der Waals surface area contributed by atoms with E-state index in [-0.39, 0.29) is 5.91 Å². The Labute approximate surface area is 142 Å². The van der Waals surface area contributed by atoms with Gasteiger partial charge in [-0.1, -0.05) is 13.3 Å². The summed E-state index contributed by atoms with van der Waals surface area (Å²) in [7, 11) is 0. The molecule has 0 spiro atoms. The summed E-state index contributed by atoms with van der Waals surface area (Å²) in [5.74, 6) is 0.670. The van der Waals surface area contributed by atoms with Gasteiger partial charge in [0.2, 0.25) is 0 Å². The van der Waals surface area contributed by atoms with Gasteiger partial charge in [-0.3, -0.25) is 9.69 Å². The van der Waals surface area contributed by atoms with Crippen molar-refractivity contribution in [3.63, 3.8) is 0 Å². The van der Waals surface area contributed by atoms with E-state index in [0.29, 0.717) is 12.0 Å². The minimum absolute atomic E-state index is 0.125. The van der Waals surface area contributed by atoms with Crippen molar-refractivity contribution in [2.75, 3.05) is 39.4 Å². The van der Waals surface area contributed by atoms with Gasteiger partial charge in [0.1, 0.15) is 5.65 Å². The minimum atomic E-state index is 0.125. The average molecular weight is 328 g/mol. The molecule has 4 rings (SSSR count). The Hall–Kier alpha value is -1.92. The zero-order valence-electron chi connectivity index (χ0n) is 14.1. The Kier molecular flexibility index (Phi) is 4.24. The Bertz CT molecular complexity index is 723. The summed E-state index contributed by atoms with van der Waals surface area (Å²) in [5, 5.41) is 0. The molecule has 0 radical (unpaired) electrons. The number of hydrogen-bond acceptors (Lipinski definition) is 4. The maximum Gasteiger partial charge on any atom is 0.255 e. The third-order valence-corrected chi connectivity index (χ3v) is 5.37. The number of aromatic nitrogens is 2. The van der Waals surface area contributed by atoms with Gasteiger partial charge < -0.3 is 14.0 Å². The second kappa shape index (κ2) is 6.53. The van der Waals surface area contributed by atoms with E-state index in [2.05, 4.69) is 16.8 Å². The molecule has 0 aromatic carbocycles. The van der Waals surface area contributed by atoms with Crippen LogP contribution >= 0.6 is 0 Å². The van der Waals surface area contributed by atoms with Crippen molar-refractivity contribution < 1.29 is 9.53 Å². The molecule has 2 aromatic rings. The van der Waals surface area contributed by atoms with Gasteiger partial charge in [0.25, 0.3) is 5.91 Å². The Morgan fingerprint density at radius 1 is 1.29 bits per heavy atom. The van der Waals surface area contributed by atoms with Crippen molar-refractivity contribution in [3.05, 3.63) is 36.3 Å². The summed E-state index contributed by atoms with van der Waals surface area (Å²) < 4.78 is 7.38. The quantitative estimate of drug-likeness (QED) is 0.857. The summed E-state index contributed by atoms with van der Waals surface area (Å²) in [4.78, 5) is 21.7. The number of imidazole rings is 1. The number of fused-ring (bicyclic) bond motifs is 1. The van der Waals surface area contributed by atoms with Crippen molar-refractivity contribution in [1.82, 2.24) is 19.2 Å². The number of nitrogens with zero attached hydrogens (tertiary/aromatic N) is 4. The zero-order valence-corrected chi connectivity index (χ0v) is 14.1. The van der Waals surface area contributed by atoms with Crippen molar-refractivity contribution in [2.45, 2.75) is 19.4 Å². The van der Waals surface area contributed by atoms with Gasteiger partial charge in [-0.05, 0) is 18.1 Å². The van der Waals surface area contributed by atoms with Gasteiger partial charge in [0.15, 0.2) is 0 Å². The molecule has 0 aliphatic carbocycles. The molecule has 2 aromatic heterocycles. The van der Waals surface area contributed by atoms with Crippen molar-refractivity contribution in [1.29, 1.82) is 0 Å². The van der Waals surface area contributed by atoms with E-state index >= 15 is 0 Å². The molecule has 2 saturated heterocycles. The fourth-order valence-electron chi connectivity index (χ4n) is 3.97. The molecule has 6 nitrogen and oxygen atoms in total. The fraction of sp³-hybridized carbons (Fsp3) is 0.556. The van der Waals surface area contributed by atoms with Gasteiger partial charge >= 0.3 is 0 Å². The standard InChI is InChI=1S/C18H24N4O2/c1-2-14-11-22(13-16(14)20-7-9-24-10-8-20)18(23)15-3-4-17-19-5-6-21(17)12-15/h3-6,12,14,16H,2,7-11,13H2,1H3/t14-,16+/m1/s1. The van der Waals surface area contributed by atoms with Crippen LogP contribution in [0.3, 0.4) is 0 Å². The van der Waals surface area contributed by atoms with E-state index in [1.54, 1.807) is 6.20 Å². The molecule has 128 valence electrons. The smallest absolute Gasteiger partial charge is 0.255 e. The van der Waals surface area contributed by atoms with Gasteiger partial charge in [0.05, 0.1) is 18.8 Å². The van der Waals surface area contributed by atoms with Gasteiger partial charge in [0, 0.05) is 50.8 Å². The molecule has 0 saturated carbocycles. The molecule has 1 amide bonds. The highest BCUT2D eigenvalue weighted by Gasteiger charge is 2.38. The van der Waals surface area contributed by atoms with E-state index in [1.165, 1.54) is 0 Å². The van der Waals surface area contributed by atoms with E-state index < -0.39 is 0 Å². The largest absolute Gasteiger partial charge is 0.379 e. The predicted octanol–water partition coefficient (Wildman–Crippen LogP) is 1.52. The molecule has 2 atom stereocenters. The van der Waals surface area contributed by atoms with Crippen LogP contribution in [0.2, 0.25) is 0 Å². The predicted molar refractivity (Wildman–Crippen MR) is 91.1 cm³/mol. The third kappa shape index (κ3) is 2.80. The molecular weight excluding hydrogens is 304 g/mol. The monoisotopic (exact) mass is 328 g/mol. The van der Waals surface area contributed by atoms with Crippen LogP contribution in [0, 0.1) is 5.92 Å². The summed E-state index contributed by atoms with van der Waals surface area (Å²) in [6.45, 7) is 7.45. The molecule has 2 aliphatic heterocycles. The van der Waals surface area contributed by atoms with Gasteiger partial charge in [-0.25, -0.2) is 4.98 Å². The molecule has 2 aliphatic rings. The number of rotatable bonds is 3. The highest BCUT2D eigenvalue weighted by atomic mass is 16.5. The third-order valence-electron chi connectivity index (χ3n) is 5.37. The van der Waals surface area contributed by atoms with Crippen LogP contribution < -0.4 is 0 Å². The summed E-state index contributed by atoms with van der Waals surface area (Å²) in [6.07, 6.45) is 6.61. The Morgan fingerprint density at radius 2 is 2.12 bits per heavy atom. The molecule has 0 N–H and O–H groups in total. The molecule has 4 heterocycles. The van der Waals surface area contributed by atoms with Crippen LogP contribution in [-0.4, -0.2) is 70.5 Å². The number of carbonyl (C=O) groups is 1. The molecule has 0 unspecified atom stereocenters. The highest BCUT2D eigenvalue weighted by Crippen LogP contribution is 2.27. The number of carbonyl (C=O) groups excluding carboxylic acids is 1.